The maximum absolute atomic E-state index is 6.00. The lowest BCUT2D eigenvalue weighted by Crippen LogP contribution is -2.34. The molecule has 26 heavy (non-hydrogen) atoms. The quantitative estimate of drug-likeness (QED) is 0.764. The van der Waals surface area contributed by atoms with E-state index in [9.17, 15) is 0 Å². The molecule has 1 aromatic carbocycles. The van der Waals surface area contributed by atoms with Crippen molar-refractivity contribution in [2.75, 3.05) is 13.1 Å². The first-order valence-electron chi connectivity index (χ1n) is 9.15. The van der Waals surface area contributed by atoms with Gasteiger partial charge in [0.1, 0.15) is 0 Å². The third-order valence-electron chi connectivity index (χ3n) is 5.29. The fourth-order valence-electron chi connectivity index (χ4n) is 3.95. The first-order chi connectivity index (χ1) is 12.7. The van der Waals surface area contributed by atoms with Crippen molar-refractivity contribution in [2.45, 2.75) is 38.8 Å². The van der Waals surface area contributed by atoms with E-state index in [1.165, 1.54) is 24.1 Å². The maximum Gasteiger partial charge on any atom is 0.159 e. The van der Waals surface area contributed by atoms with Crippen LogP contribution in [0, 0.1) is 6.92 Å². The molecule has 0 amide bonds. The summed E-state index contributed by atoms with van der Waals surface area (Å²) in [6.45, 7) is 5.58. The van der Waals surface area contributed by atoms with Gasteiger partial charge in [-0.1, -0.05) is 23.7 Å². The smallest absolute Gasteiger partial charge is 0.159 e. The Morgan fingerprint density at radius 1 is 1.23 bits per heavy atom. The molecule has 0 radical (unpaired) electrons. The van der Waals surface area contributed by atoms with Gasteiger partial charge in [-0.3, -0.25) is 4.90 Å². The van der Waals surface area contributed by atoms with Gasteiger partial charge in [0.25, 0.3) is 0 Å². The molecule has 2 aromatic heterocycles. The predicted octanol–water partition coefficient (Wildman–Crippen LogP) is 3.53. The summed E-state index contributed by atoms with van der Waals surface area (Å²) in [5, 5.41) is 5.51. The molecule has 6 heteroatoms. The summed E-state index contributed by atoms with van der Waals surface area (Å²) in [4.78, 5) is 7.04. The number of halogens is 1. The van der Waals surface area contributed by atoms with Crippen LogP contribution in [0.4, 0.5) is 0 Å². The minimum atomic E-state index is 0.450. The molecule has 4 rings (SSSR count). The lowest BCUT2D eigenvalue weighted by molar-refractivity contribution is 0.197. The van der Waals surface area contributed by atoms with Crippen LogP contribution in [0.15, 0.2) is 36.5 Å². The molecule has 3 heterocycles. The number of likely N-dealkylation sites (tertiary alicyclic amines) is 1. The van der Waals surface area contributed by atoms with Crippen LogP contribution < -0.4 is 5.73 Å². The Labute approximate surface area is 158 Å². The van der Waals surface area contributed by atoms with Gasteiger partial charge < -0.3 is 5.73 Å². The molecule has 0 aliphatic carbocycles. The second-order valence-corrected chi connectivity index (χ2v) is 7.51. The number of hydrogen-bond donors (Lipinski definition) is 1. The molecule has 0 spiro atoms. The number of piperidine rings is 1. The van der Waals surface area contributed by atoms with E-state index in [4.69, 9.17) is 22.4 Å². The molecule has 136 valence electrons. The molecule has 0 bridgehead atoms. The highest BCUT2D eigenvalue weighted by Gasteiger charge is 2.24. The lowest BCUT2D eigenvalue weighted by Gasteiger charge is -2.33. The third-order valence-corrected chi connectivity index (χ3v) is 5.54. The fraction of sp³-hybridized carbons (Fsp3) is 0.400. The number of nitrogens with zero attached hydrogens (tertiary/aromatic N) is 4. The van der Waals surface area contributed by atoms with Gasteiger partial charge in [0.2, 0.25) is 0 Å². The Kier molecular flexibility index (Phi) is 4.94. The molecule has 1 saturated heterocycles. The Bertz CT molecular complexity index is 902. The Morgan fingerprint density at radius 3 is 2.81 bits per heavy atom. The van der Waals surface area contributed by atoms with E-state index in [2.05, 4.69) is 28.1 Å². The van der Waals surface area contributed by atoms with E-state index in [1.54, 1.807) is 0 Å². The molecule has 1 fully saturated rings. The van der Waals surface area contributed by atoms with Crippen LogP contribution in [0.1, 0.15) is 41.3 Å². The maximum atomic E-state index is 6.00. The molecule has 0 saturated carbocycles. The number of hydrogen-bond acceptors (Lipinski definition) is 4. The first-order valence-corrected chi connectivity index (χ1v) is 9.53. The minimum Gasteiger partial charge on any atom is -0.326 e. The Balaban J connectivity index is 1.58. The first kappa shape index (κ1) is 17.5. The van der Waals surface area contributed by atoms with Gasteiger partial charge >= 0.3 is 0 Å². The Morgan fingerprint density at radius 2 is 2.04 bits per heavy atom. The SMILES string of the molecule is Cc1nn2c(C3CCCN(Cc4ccc(Cl)cc4)C3)ccnc2c1CN. The summed E-state index contributed by atoms with van der Waals surface area (Å²) in [6, 6.07) is 10.3. The standard InChI is InChI=1S/C20H24ClN5/c1-14-18(11-22)20-23-9-8-19(26(20)24-14)16-3-2-10-25(13-16)12-15-4-6-17(21)7-5-15/h4-9,16H,2-3,10-13,22H2,1H3. The second kappa shape index (κ2) is 7.35. The topological polar surface area (TPSA) is 59.5 Å². The summed E-state index contributed by atoms with van der Waals surface area (Å²) >= 11 is 6.00. The second-order valence-electron chi connectivity index (χ2n) is 7.07. The monoisotopic (exact) mass is 369 g/mol. The summed E-state index contributed by atoms with van der Waals surface area (Å²) in [6.07, 6.45) is 4.25. The number of benzene rings is 1. The zero-order valence-corrected chi connectivity index (χ0v) is 15.8. The van der Waals surface area contributed by atoms with Crippen LogP contribution in [-0.2, 0) is 13.1 Å². The van der Waals surface area contributed by atoms with Gasteiger partial charge in [-0.2, -0.15) is 5.10 Å². The molecule has 1 atom stereocenters. The van der Waals surface area contributed by atoms with E-state index in [0.717, 1.165) is 41.6 Å². The molecule has 3 aromatic rings. The average molecular weight is 370 g/mol. The van der Waals surface area contributed by atoms with Crippen LogP contribution in [0.3, 0.4) is 0 Å². The Hall–Kier alpha value is -1.95. The van der Waals surface area contributed by atoms with Gasteiger partial charge in [-0.15, -0.1) is 0 Å². The minimum absolute atomic E-state index is 0.450. The molecule has 5 nitrogen and oxygen atoms in total. The van der Waals surface area contributed by atoms with Crippen LogP contribution in [0.2, 0.25) is 5.02 Å². The van der Waals surface area contributed by atoms with E-state index < -0.39 is 0 Å². The van der Waals surface area contributed by atoms with Crippen molar-refractivity contribution >= 4 is 17.2 Å². The summed E-state index contributed by atoms with van der Waals surface area (Å²) < 4.78 is 2.01. The van der Waals surface area contributed by atoms with E-state index in [-0.39, 0.29) is 0 Å². The van der Waals surface area contributed by atoms with Crippen molar-refractivity contribution in [2.24, 2.45) is 5.73 Å². The van der Waals surface area contributed by atoms with Crippen LogP contribution in [0.5, 0.6) is 0 Å². The van der Waals surface area contributed by atoms with Crippen LogP contribution in [-0.4, -0.2) is 32.6 Å². The number of nitrogens with two attached hydrogens (primary N) is 1. The zero-order valence-electron chi connectivity index (χ0n) is 15.0. The zero-order chi connectivity index (χ0) is 18.1. The molecule has 1 aliphatic heterocycles. The highest BCUT2D eigenvalue weighted by atomic mass is 35.5. The predicted molar refractivity (Wildman–Crippen MR) is 104 cm³/mol. The molecule has 2 N–H and O–H groups in total. The van der Waals surface area contributed by atoms with Crippen molar-refractivity contribution in [3.05, 3.63) is 64.1 Å². The largest absolute Gasteiger partial charge is 0.326 e. The van der Waals surface area contributed by atoms with Gasteiger partial charge in [0.05, 0.1) is 11.4 Å². The van der Waals surface area contributed by atoms with E-state index in [1.807, 2.05) is 29.8 Å². The number of aryl methyl sites for hydroxylation is 1. The highest BCUT2D eigenvalue weighted by Crippen LogP contribution is 2.29. The van der Waals surface area contributed by atoms with Crippen molar-refractivity contribution < 1.29 is 0 Å². The van der Waals surface area contributed by atoms with Crippen molar-refractivity contribution in [1.82, 2.24) is 19.5 Å². The van der Waals surface area contributed by atoms with Crippen LogP contribution in [0.25, 0.3) is 5.65 Å². The summed E-state index contributed by atoms with van der Waals surface area (Å²) in [5.74, 6) is 0.450. The average Bonchev–Trinajstić information content (AvgIpc) is 2.99. The number of aromatic nitrogens is 3. The highest BCUT2D eigenvalue weighted by molar-refractivity contribution is 6.30. The van der Waals surface area contributed by atoms with Gasteiger partial charge in [0, 0.05) is 42.3 Å². The molecule has 1 unspecified atom stereocenters. The summed E-state index contributed by atoms with van der Waals surface area (Å²) in [5.41, 5.74) is 11.3. The lowest BCUT2D eigenvalue weighted by atomic mass is 9.94. The van der Waals surface area contributed by atoms with Crippen molar-refractivity contribution in [3.63, 3.8) is 0 Å². The van der Waals surface area contributed by atoms with E-state index >= 15 is 0 Å². The van der Waals surface area contributed by atoms with Crippen LogP contribution >= 0.6 is 11.6 Å². The molecule has 1 aliphatic rings. The van der Waals surface area contributed by atoms with Gasteiger partial charge in [-0.05, 0) is 50.1 Å². The van der Waals surface area contributed by atoms with E-state index in [0.29, 0.717) is 12.5 Å². The van der Waals surface area contributed by atoms with Gasteiger partial charge in [0.15, 0.2) is 5.65 Å². The van der Waals surface area contributed by atoms with Crippen molar-refractivity contribution in [1.29, 1.82) is 0 Å². The van der Waals surface area contributed by atoms with Gasteiger partial charge in [-0.25, -0.2) is 9.50 Å². The number of fused-ring (bicyclic) bond motifs is 1. The number of rotatable bonds is 4. The molecular weight excluding hydrogens is 346 g/mol. The molecular formula is C20H24ClN5. The third kappa shape index (κ3) is 3.34. The normalized spacial score (nSPS) is 18.5. The van der Waals surface area contributed by atoms with Crippen molar-refractivity contribution in [3.8, 4) is 0 Å². The summed E-state index contributed by atoms with van der Waals surface area (Å²) in [7, 11) is 0. The fourth-order valence-corrected chi connectivity index (χ4v) is 4.08.